The van der Waals surface area contributed by atoms with Gasteiger partial charge in [0, 0.05) is 5.41 Å². The predicted octanol–water partition coefficient (Wildman–Crippen LogP) is 2.92. The summed E-state index contributed by atoms with van der Waals surface area (Å²) in [6.07, 6.45) is 0.136. The zero-order valence-corrected chi connectivity index (χ0v) is 11.9. The van der Waals surface area contributed by atoms with Crippen LogP contribution >= 0.6 is 0 Å². The molecular formula is C18H16O4. The summed E-state index contributed by atoms with van der Waals surface area (Å²) in [4.78, 5) is 23.0. The lowest BCUT2D eigenvalue weighted by Gasteiger charge is -2.52. The Morgan fingerprint density at radius 3 is 1.41 bits per heavy atom. The fraction of sp³-hybridized carbons (Fsp3) is 0.222. The molecule has 0 amide bonds. The lowest BCUT2D eigenvalue weighted by molar-refractivity contribution is -0.176. The third-order valence-electron chi connectivity index (χ3n) is 4.68. The molecule has 0 radical (unpaired) electrons. The van der Waals surface area contributed by atoms with E-state index < -0.39 is 22.8 Å². The normalized spacial score (nSPS) is 18.2. The average Bonchev–Trinajstić information content (AvgIpc) is 2.48. The molecule has 0 unspecified atom stereocenters. The average molecular weight is 296 g/mol. The summed E-state index contributed by atoms with van der Waals surface area (Å²) < 4.78 is 0. The highest BCUT2D eigenvalue weighted by atomic mass is 16.4. The monoisotopic (exact) mass is 296 g/mol. The van der Waals surface area contributed by atoms with Crippen molar-refractivity contribution < 1.29 is 19.8 Å². The van der Waals surface area contributed by atoms with Crippen LogP contribution in [0.4, 0.5) is 0 Å². The maximum atomic E-state index is 11.5. The van der Waals surface area contributed by atoms with Gasteiger partial charge >= 0.3 is 11.9 Å². The van der Waals surface area contributed by atoms with E-state index in [0.29, 0.717) is 0 Å². The molecule has 0 saturated heterocycles. The van der Waals surface area contributed by atoms with E-state index in [0.717, 1.165) is 11.1 Å². The molecule has 0 aliphatic heterocycles. The number of carboxylic acids is 2. The lowest BCUT2D eigenvalue weighted by Crippen LogP contribution is -2.58. The van der Waals surface area contributed by atoms with Gasteiger partial charge in [0.15, 0.2) is 5.41 Å². The van der Waals surface area contributed by atoms with Crippen LogP contribution in [-0.4, -0.2) is 22.2 Å². The Bertz CT molecular complexity index is 643. The Hall–Kier alpha value is -2.62. The predicted molar refractivity (Wildman–Crippen MR) is 80.6 cm³/mol. The van der Waals surface area contributed by atoms with Crippen LogP contribution in [0.1, 0.15) is 24.0 Å². The quantitative estimate of drug-likeness (QED) is 0.851. The number of benzene rings is 2. The molecule has 0 aromatic heterocycles. The Morgan fingerprint density at radius 1 is 0.727 bits per heavy atom. The first-order chi connectivity index (χ1) is 10.5. The molecule has 2 N–H and O–H groups in total. The fourth-order valence-electron chi connectivity index (χ4n) is 3.46. The highest BCUT2D eigenvalue weighted by molar-refractivity contribution is 6.00. The molecule has 2 aromatic rings. The molecule has 0 bridgehead atoms. The summed E-state index contributed by atoms with van der Waals surface area (Å²) >= 11 is 0. The minimum atomic E-state index is -1.70. The lowest BCUT2D eigenvalue weighted by atomic mass is 9.48. The van der Waals surface area contributed by atoms with E-state index in [2.05, 4.69) is 0 Å². The number of carbonyl (C=O) groups is 2. The Kier molecular flexibility index (Phi) is 3.24. The molecule has 112 valence electrons. The van der Waals surface area contributed by atoms with Gasteiger partial charge in [-0.3, -0.25) is 9.59 Å². The molecule has 1 aliphatic rings. The van der Waals surface area contributed by atoms with Crippen LogP contribution < -0.4 is 0 Å². The maximum Gasteiger partial charge on any atom is 0.321 e. The first-order valence-corrected chi connectivity index (χ1v) is 7.09. The second kappa shape index (κ2) is 4.98. The summed E-state index contributed by atoms with van der Waals surface area (Å²) in [5.41, 5.74) is -0.344. The van der Waals surface area contributed by atoms with Crippen molar-refractivity contribution in [3.8, 4) is 0 Å². The fourth-order valence-corrected chi connectivity index (χ4v) is 3.46. The number of aliphatic carboxylic acids is 2. The van der Waals surface area contributed by atoms with Gasteiger partial charge in [0.1, 0.15) is 0 Å². The molecule has 0 spiro atoms. The molecule has 22 heavy (non-hydrogen) atoms. The number of hydrogen-bond acceptors (Lipinski definition) is 2. The number of hydrogen-bond donors (Lipinski definition) is 2. The number of rotatable bonds is 4. The second-order valence-electron chi connectivity index (χ2n) is 5.86. The van der Waals surface area contributed by atoms with E-state index >= 15 is 0 Å². The van der Waals surface area contributed by atoms with Gasteiger partial charge in [-0.05, 0) is 24.0 Å². The highest BCUT2D eigenvalue weighted by Crippen LogP contribution is 2.59. The molecular weight excluding hydrogens is 280 g/mol. The zero-order chi connectivity index (χ0) is 15.8. The summed E-state index contributed by atoms with van der Waals surface area (Å²) in [6.45, 7) is 0. The minimum absolute atomic E-state index is 0.0681. The van der Waals surface area contributed by atoms with Crippen LogP contribution in [0.15, 0.2) is 60.7 Å². The van der Waals surface area contributed by atoms with Crippen LogP contribution in [0.3, 0.4) is 0 Å². The van der Waals surface area contributed by atoms with Gasteiger partial charge in [-0.2, -0.15) is 0 Å². The van der Waals surface area contributed by atoms with E-state index in [1.807, 2.05) is 60.7 Å². The summed E-state index contributed by atoms with van der Waals surface area (Å²) in [5, 5.41) is 18.8. The molecule has 2 aromatic carbocycles. The standard InChI is InChI=1S/C18H16O4/c19-15(20)18(16(21)22)11-17(12-18,13-7-3-1-4-8-13)14-9-5-2-6-10-14/h1-10H,11-12H2,(H,19,20)(H,21,22). The molecule has 0 atom stereocenters. The van der Waals surface area contributed by atoms with Crippen molar-refractivity contribution in [3.05, 3.63) is 71.8 Å². The largest absolute Gasteiger partial charge is 0.480 e. The maximum absolute atomic E-state index is 11.5. The van der Waals surface area contributed by atoms with Crippen LogP contribution in [-0.2, 0) is 15.0 Å². The zero-order valence-electron chi connectivity index (χ0n) is 11.9. The molecule has 4 nitrogen and oxygen atoms in total. The highest BCUT2D eigenvalue weighted by Gasteiger charge is 2.65. The van der Waals surface area contributed by atoms with Crippen LogP contribution in [0.25, 0.3) is 0 Å². The van der Waals surface area contributed by atoms with E-state index in [1.54, 1.807) is 0 Å². The van der Waals surface area contributed by atoms with Gasteiger partial charge in [-0.1, -0.05) is 60.7 Å². The smallest absolute Gasteiger partial charge is 0.321 e. The third-order valence-corrected chi connectivity index (χ3v) is 4.68. The molecule has 1 saturated carbocycles. The van der Waals surface area contributed by atoms with Crippen LogP contribution in [0.2, 0.25) is 0 Å². The van der Waals surface area contributed by atoms with Crippen molar-refractivity contribution in [2.75, 3.05) is 0 Å². The van der Waals surface area contributed by atoms with E-state index in [-0.39, 0.29) is 12.8 Å². The first-order valence-electron chi connectivity index (χ1n) is 7.09. The van der Waals surface area contributed by atoms with Crippen molar-refractivity contribution in [2.24, 2.45) is 5.41 Å². The van der Waals surface area contributed by atoms with Crippen molar-refractivity contribution in [1.29, 1.82) is 0 Å². The van der Waals surface area contributed by atoms with Crippen molar-refractivity contribution in [1.82, 2.24) is 0 Å². The second-order valence-corrected chi connectivity index (χ2v) is 5.86. The van der Waals surface area contributed by atoms with Crippen LogP contribution in [0, 0.1) is 5.41 Å². The van der Waals surface area contributed by atoms with E-state index in [9.17, 15) is 19.8 Å². The minimum Gasteiger partial charge on any atom is -0.480 e. The summed E-state index contributed by atoms with van der Waals surface area (Å²) in [6, 6.07) is 19.1. The van der Waals surface area contributed by atoms with Gasteiger partial charge in [0.05, 0.1) is 0 Å². The molecule has 4 heteroatoms. The molecule has 3 rings (SSSR count). The van der Waals surface area contributed by atoms with Gasteiger partial charge in [0.25, 0.3) is 0 Å². The van der Waals surface area contributed by atoms with Crippen molar-refractivity contribution in [2.45, 2.75) is 18.3 Å². The molecule has 1 fully saturated rings. The topological polar surface area (TPSA) is 74.6 Å². The summed E-state index contributed by atoms with van der Waals surface area (Å²) in [7, 11) is 0. The van der Waals surface area contributed by atoms with Crippen molar-refractivity contribution in [3.63, 3.8) is 0 Å². The van der Waals surface area contributed by atoms with E-state index in [1.165, 1.54) is 0 Å². The molecule has 0 heterocycles. The van der Waals surface area contributed by atoms with Crippen molar-refractivity contribution >= 4 is 11.9 Å². The Labute approximate surface area is 128 Å². The van der Waals surface area contributed by atoms with Gasteiger partial charge in [-0.15, -0.1) is 0 Å². The Balaban J connectivity index is 2.10. The van der Waals surface area contributed by atoms with Gasteiger partial charge in [0.2, 0.25) is 0 Å². The van der Waals surface area contributed by atoms with E-state index in [4.69, 9.17) is 0 Å². The van der Waals surface area contributed by atoms with Gasteiger partial charge in [-0.25, -0.2) is 0 Å². The van der Waals surface area contributed by atoms with Gasteiger partial charge < -0.3 is 10.2 Å². The first kappa shape index (κ1) is 14.3. The Morgan fingerprint density at radius 2 is 1.09 bits per heavy atom. The third kappa shape index (κ3) is 1.91. The van der Waals surface area contributed by atoms with Crippen LogP contribution in [0.5, 0.6) is 0 Å². The SMILES string of the molecule is O=C(O)C1(C(=O)O)CC(c2ccccc2)(c2ccccc2)C1. The summed E-state index contributed by atoms with van der Waals surface area (Å²) in [5.74, 6) is -2.52. The number of carboxylic acid groups (broad SMARTS) is 2. The molecule has 1 aliphatic carbocycles.